The lowest BCUT2D eigenvalue weighted by molar-refractivity contribution is 0.372. The molecule has 1 aromatic heterocycles. The first-order chi connectivity index (χ1) is 7.51. The number of halogens is 1. The largest absolute Gasteiger partial charge is 0.481 e. The fourth-order valence-corrected chi connectivity index (χ4v) is 2.42. The smallest absolute Gasteiger partial charge is 0.218 e. The molecule has 0 aliphatic carbocycles. The van der Waals surface area contributed by atoms with Crippen molar-refractivity contribution in [3.05, 3.63) is 16.8 Å². The summed E-state index contributed by atoms with van der Waals surface area (Å²) < 4.78 is 7.13. The van der Waals surface area contributed by atoms with Crippen LogP contribution >= 0.6 is 15.9 Å². The number of aryl methyl sites for hydroxylation is 2. The summed E-state index contributed by atoms with van der Waals surface area (Å²) in [6, 6.07) is 0. The Bertz CT molecular complexity index is 394. The fraction of sp³-hybridized carbons (Fsp3) is 0.583. The van der Waals surface area contributed by atoms with Crippen molar-refractivity contribution in [2.45, 2.75) is 20.8 Å². The van der Waals surface area contributed by atoms with E-state index in [1.165, 1.54) is 5.57 Å². The zero-order valence-corrected chi connectivity index (χ0v) is 12.1. The highest BCUT2D eigenvalue weighted by Crippen LogP contribution is 2.26. The van der Waals surface area contributed by atoms with Crippen LogP contribution in [-0.4, -0.2) is 22.2 Å². The molecule has 0 atom stereocenters. The molecule has 4 heteroatoms. The Kier molecular flexibility index (Phi) is 4.59. The Balaban J connectivity index is 3.22. The number of alkyl halides is 1. The summed E-state index contributed by atoms with van der Waals surface area (Å²) in [4.78, 5) is 0. The van der Waals surface area contributed by atoms with Crippen molar-refractivity contribution in [2.75, 3.05) is 12.4 Å². The highest BCUT2D eigenvalue weighted by molar-refractivity contribution is 9.09. The van der Waals surface area contributed by atoms with Gasteiger partial charge in [-0.15, -0.1) is 0 Å². The summed E-state index contributed by atoms with van der Waals surface area (Å²) in [5, 5.41) is 5.24. The van der Waals surface area contributed by atoms with Gasteiger partial charge in [0.2, 0.25) is 5.88 Å². The predicted octanol–water partition coefficient (Wildman–Crippen LogP) is 3.17. The number of methoxy groups -OCH3 is 1. The van der Waals surface area contributed by atoms with E-state index >= 15 is 0 Å². The summed E-state index contributed by atoms with van der Waals surface area (Å²) >= 11 is 3.52. The van der Waals surface area contributed by atoms with Crippen LogP contribution in [0, 0.1) is 12.8 Å². The monoisotopic (exact) mass is 286 g/mol. The molecule has 0 fully saturated rings. The van der Waals surface area contributed by atoms with E-state index in [0.29, 0.717) is 5.92 Å². The molecule has 90 valence electrons. The van der Waals surface area contributed by atoms with Gasteiger partial charge < -0.3 is 4.74 Å². The minimum Gasteiger partial charge on any atom is -0.481 e. The van der Waals surface area contributed by atoms with Gasteiger partial charge in [0.15, 0.2) is 0 Å². The maximum atomic E-state index is 5.36. The standard InChI is InChI=1S/C12H19BrN2O/c1-8(2)10(7-13)6-11-9(3)14-15(4)12(11)16-5/h6,8H,7H2,1-5H3/b10-6-. The number of hydrogen-bond acceptors (Lipinski definition) is 2. The average Bonchev–Trinajstić information content (AvgIpc) is 2.48. The van der Waals surface area contributed by atoms with Gasteiger partial charge in [-0.3, -0.25) is 0 Å². The highest BCUT2D eigenvalue weighted by atomic mass is 79.9. The molecular formula is C12H19BrN2O. The summed E-state index contributed by atoms with van der Waals surface area (Å²) in [5.41, 5.74) is 3.42. The van der Waals surface area contributed by atoms with Crippen LogP contribution in [-0.2, 0) is 7.05 Å². The van der Waals surface area contributed by atoms with Crippen LogP contribution in [0.1, 0.15) is 25.1 Å². The number of nitrogens with zero attached hydrogens (tertiary/aromatic N) is 2. The van der Waals surface area contributed by atoms with E-state index < -0.39 is 0 Å². The molecule has 0 aromatic carbocycles. The van der Waals surface area contributed by atoms with Crippen molar-refractivity contribution in [1.82, 2.24) is 9.78 Å². The van der Waals surface area contributed by atoms with Crippen LogP contribution in [0.5, 0.6) is 5.88 Å². The Morgan fingerprint density at radius 2 is 2.19 bits per heavy atom. The lowest BCUT2D eigenvalue weighted by atomic mass is 10.0. The molecule has 1 rings (SSSR count). The van der Waals surface area contributed by atoms with Crippen LogP contribution in [0.15, 0.2) is 5.57 Å². The molecule has 0 unspecified atom stereocenters. The average molecular weight is 287 g/mol. The third-order valence-corrected chi connectivity index (χ3v) is 3.28. The highest BCUT2D eigenvalue weighted by Gasteiger charge is 2.13. The lowest BCUT2D eigenvalue weighted by Crippen LogP contribution is -1.97. The maximum absolute atomic E-state index is 5.36. The van der Waals surface area contributed by atoms with Crippen LogP contribution in [0.3, 0.4) is 0 Å². The number of ether oxygens (including phenoxy) is 1. The molecule has 0 spiro atoms. The van der Waals surface area contributed by atoms with Crippen molar-refractivity contribution in [1.29, 1.82) is 0 Å². The van der Waals surface area contributed by atoms with Gasteiger partial charge in [0.1, 0.15) is 0 Å². The summed E-state index contributed by atoms with van der Waals surface area (Å²) in [7, 11) is 3.57. The SMILES string of the molecule is COc1c(/C=C(/CBr)C(C)C)c(C)nn1C. The number of hydrogen-bond donors (Lipinski definition) is 0. The molecule has 0 N–H and O–H groups in total. The molecule has 16 heavy (non-hydrogen) atoms. The van der Waals surface area contributed by atoms with Crippen LogP contribution < -0.4 is 4.74 Å². The van der Waals surface area contributed by atoms with Gasteiger partial charge in [0.05, 0.1) is 18.4 Å². The molecule has 1 heterocycles. The number of allylic oxidation sites excluding steroid dienone is 1. The van der Waals surface area contributed by atoms with Crippen molar-refractivity contribution in [3.8, 4) is 5.88 Å². The van der Waals surface area contributed by atoms with Crippen molar-refractivity contribution >= 4 is 22.0 Å². The first-order valence-corrected chi connectivity index (χ1v) is 6.47. The molecule has 3 nitrogen and oxygen atoms in total. The minimum absolute atomic E-state index is 0.517. The lowest BCUT2D eigenvalue weighted by Gasteiger charge is -2.08. The van der Waals surface area contributed by atoms with Gasteiger partial charge in [0.25, 0.3) is 0 Å². The fourth-order valence-electron chi connectivity index (χ4n) is 1.61. The quantitative estimate of drug-likeness (QED) is 0.795. The molecule has 0 saturated heterocycles. The van der Waals surface area contributed by atoms with Gasteiger partial charge in [-0.05, 0) is 18.9 Å². The zero-order valence-electron chi connectivity index (χ0n) is 10.5. The van der Waals surface area contributed by atoms with E-state index in [1.54, 1.807) is 11.8 Å². The minimum atomic E-state index is 0.517. The van der Waals surface area contributed by atoms with E-state index in [0.717, 1.165) is 22.5 Å². The zero-order chi connectivity index (χ0) is 12.3. The first kappa shape index (κ1) is 13.3. The van der Waals surface area contributed by atoms with Gasteiger partial charge >= 0.3 is 0 Å². The molecule has 0 aliphatic rings. The van der Waals surface area contributed by atoms with E-state index in [-0.39, 0.29) is 0 Å². The van der Waals surface area contributed by atoms with E-state index in [9.17, 15) is 0 Å². The molecule has 0 bridgehead atoms. The first-order valence-electron chi connectivity index (χ1n) is 5.35. The van der Waals surface area contributed by atoms with Gasteiger partial charge in [-0.2, -0.15) is 5.10 Å². The summed E-state index contributed by atoms with van der Waals surface area (Å²) in [6.07, 6.45) is 2.17. The Morgan fingerprint density at radius 3 is 2.62 bits per heavy atom. The maximum Gasteiger partial charge on any atom is 0.218 e. The second-order valence-corrected chi connectivity index (χ2v) is 4.70. The number of aromatic nitrogens is 2. The Labute approximate surface area is 106 Å². The van der Waals surface area contributed by atoms with Crippen LogP contribution in [0.2, 0.25) is 0 Å². The topological polar surface area (TPSA) is 27.1 Å². The molecular weight excluding hydrogens is 268 g/mol. The Hall–Kier alpha value is -0.770. The molecule has 0 amide bonds. The Morgan fingerprint density at radius 1 is 1.56 bits per heavy atom. The van der Waals surface area contributed by atoms with E-state index in [2.05, 4.69) is 41.0 Å². The normalized spacial score (nSPS) is 12.3. The second kappa shape index (κ2) is 5.53. The van der Waals surface area contributed by atoms with Crippen molar-refractivity contribution in [3.63, 3.8) is 0 Å². The predicted molar refractivity (Wildman–Crippen MR) is 71.1 cm³/mol. The number of rotatable bonds is 4. The van der Waals surface area contributed by atoms with E-state index in [4.69, 9.17) is 4.74 Å². The third-order valence-electron chi connectivity index (χ3n) is 2.63. The van der Waals surface area contributed by atoms with Crippen LogP contribution in [0.25, 0.3) is 6.08 Å². The molecule has 0 aliphatic heterocycles. The van der Waals surface area contributed by atoms with Crippen molar-refractivity contribution < 1.29 is 4.74 Å². The second-order valence-electron chi connectivity index (χ2n) is 4.14. The molecule has 0 radical (unpaired) electrons. The van der Waals surface area contributed by atoms with Gasteiger partial charge in [-0.25, -0.2) is 4.68 Å². The summed E-state index contributed by atoms with van der Waals surface area (Å²) in [6.45, 7) is 6.37. The van der Waals surface area contributed by atoms with E-state index in [1.807, 2.05) is 14.0 Å². The summed E-state index contributed by atoms with van der Waals surface area (Å²) in [5.74, 6) is 1.33. The third kappa shape index (κ3) is 2.67. The molecule has 0 saturated carbocycles. The van der Waals surface area contributed by atoms with Gasteiger partial charge in [-0.1, -0.05) is 35.4 Å². The van der Waals surface area contributed by atoms with Crippen molar-refractivity contribution in [2.24, 2.45) is 13.0 Å². The van der Waals surface area contributed by atoms with Gasteiger partial charge in [0, 0.05) is 12.4 Å². The van der Waals surface area contributed by atoms with Crippen LogP contribution in [0.4, 0.5) is 0 Å². The molecule has 1 aromatic rings.